The van der Waals surface area contributed by atoms with Gasteiger partial charge in [-0.25, -0.2) is 0 Å². The van der Waals surface area contributed by atoms with Gasteiger partial charge >= 0.3 is 0 Å². The van der Waals surface area contributed by atoms with Crippen LogP contribution in [0.4, 0.5) is 5.69 Å². The van der Waals surface area contributed by atoms with Crippen molar-refractivity contribution >= 4 is 51.7 Å². The van der Waals surface area contributed by atoms with Crippen molar-refractivity contribution in [2.24, 2.45) is 0 Å². The number of benzene rings is 1. The van der Waals surface area contributed by atoms with Gasteiger partial charge in [0, 0.05) is 30.2 Å². The fourth-order valence-electron chi connectivity index (χ4n) is 1.92. The number of carbonyl (C=O) groups is 2. The molecule has 1 heterocycles. The van der Waals surface area contributed by atoms with Gasteiger partial charge in [-0.2, -0.15) is 0 Å². The van der Waals surface area contributed by atoms with Crippen molar-refractivity contribution in [3.8, 4) is 0 Å². The normalized spacial score (nSPS) is 19.4. The quantitative estimate of drug-likeness (QED) is 0.840. The highest BCUT2D eigenvalue weighted by atomic mass is 35.5. The molecule has 0 aromatic heterocycles. The van der Waals surface area contributed by atoms with Crippen LogP contribution in [0.2, 0.25) is 10.0 Å². The van der Waals surface area contributed by atoms with Gasteiger partial charge < -0.3 is 4.90 Å². The van der Waals surface area contributed by atoms with E-state index in [4.69, 9.17) is 23.2 Å². The first-order chi connectivity index (χ1) is 8.47. The van der Waals surface area contributed by atoms with Gasteiger partial charge in [-0.15, -0.1) is 0 Å². The van der Waals surface area contributed by atoms with Crippen molar-refractivity contribution < 1.29 is 9.59 Å². The molecule has 0 aliphatic carbocycles. The summed E-state index contributed by atoms with van der Waals surface area (Å²) in [5, 5.41) is 1.01. The molecule has 1 unspecified atom stereocenters. The largest absolute Gasteiger partial charge is 0.310 e. The standard InChI is InChI=1S/C12H11Cl2NO2S/c1-7(16)18-9-5-12(17)15(6-9)11-3-2-8(13)4-10(11)14/h2-4,9H,5-6H2,1H3. The molecular weight excluding hydrogens is 293 g/mol. The van der Waals surface area contributed by atoms with Crippen molar-refractivity contribution in [1.29, 1.82) is 0 Å². The zero-order valence-corrected chi connectivity index (χ0v) is 12.0. The number of thioether (sulfide) groups is 1. The molecule has 0 spiro atoms. The van der Waals surface area contributed by atoms with Crippen molar-refractivity contribution in [1.82, 2.24) is 0 Å². The lowest BCUT2D eigenvalue weighted by atomic mass is 10.3. The molecule has 1 fully saturated rings. The Labute approximate surface area is 119 Å². The first-order valence-electron chi connectivity index (χ1n) is 5.40. The molecular formula is C12H11Cl2NO2S. The molecule has 0 saturated carbocycles. The van der Waals surface area contributed by atoms with E-state index < -0.39 is 0 Å². The maximum atomic E-state index is 11.9. The molecule has 18 heavy (non-hydrogen) atoms. The Morgan fingerprint density at radius 1 is 1.44 bits per heavy atom. The second-order valence-corrected chi connectivity index (χ2v) is 6.36. The van der Waals surface area contributed by atoms with Gasteiger partial charge in [0.2, 0.25) is 5.91 Å². The summed E-state index contributed by atoms with van der Waals surface area (Å²) >= 11 is 13.1. The van der Waals surface area contributed by atoms with Gasteiger partial charge in [-0.05, 0) is 18.2 Å². The Balaban J connectivity index is 2.19. The third-order valence-corrected chi connectivity index (χ3v) is 4.14. The lowest BCUT2D eigenvalue weighted by Crippen LogP contribution is -2.25. The Kier molecular flexibility index (Phi) is 4.20. The molecule has 2 rings (SSSR count). The van der Waals surface area contributed by atoms with Crippen LogP contribution in [0.5, 0.6) is 0 Å². The van der Waals surface area contributed by atoms with Crippen molar-refractivity contribution in [3.05, 3.63) is 28.2 Å². The van der Waals surface area contributed by atoms with Crippen molar-refractivity contribution in [3.63, 3.8) is 0 Å². The molecule has 0 N–H and O–H groups in total. The van der Waals surface area contributed by atoms with E-state index in [1.807, 2.05) is 0 Å². The number of rotatable bonds is 2. The highest BCUT2D eigenvalue weighted by Crippen LogP contribution is 2.34. The topological polar surface area (TPSA) is 37.4 Å². The smallest absolute Gasteiger partial charge is 0.228 e. The van der Waals surface area contributed by atoms with E-state index in [1.54, 1.807) is 23.1 Å². The molecule has 1 aliphatic heterocycles. The van der Waals surface area contributed by atoms with Crippen molar-refractivity contribution in [2.75, 3.05) is 11.4 Å². The molecule has 1 aliphatic rings. The van der Waals surface area contributed by atoms with Crippen LogP contribution in [0, 0.1) is 0 Å². The van der Waals surface area contributed by atoms with Crippen LogP contribution in [0.1, 0.15) is 13.3 Å². The van der Waals surface area contributed by atoms with Gasteiger partial charge in [0.1, 0.15) is 0 Å². The first kappa shape index (κ1) is 13.7. The maximum Gasteiger partial charge on any atom is 0.228 e. The summed E-state index contributed by atoms with van der Waals surface area (Å²) in [6.45, 7) is 2.01. The van der Waals surface area contributed by atoms with Gasteiger partial charge in [0.05, 0.1) is 10.7 Å². The molecule has 1 aromatic rings. The van der Waals surface area contributed by atoms with Gasteiger partial charge in [-0.1, -0.05) is 35.0 Å². The number of halogens is 2. The summed E-state index contributed by atoms with van der Waals surface area (Å²) in [6, 6.07) is 5.03. The second kappa shape index (κ2) is 5.51. The molecule has 1 atom stereocenters. The number of nitrogens with zero attached hydrogens (tertiary/aromatic N) is 1. The SMILES string of the molecule is CC(=O)SC1CC(=O)N(c2ccc(Cl)cc2Cl)C1. The lowest BCUT2D eigenvalue weighted by molar-refractivity contribution is -0.117. The minimum Gasteiger partial charge on any atom is -0.310 e. The fraction of sp³-hybridized carbons (Fsp3) is 0.333. The van der Waals surface area contributed by atoms with Gasteiger partial charge in [0.25, 0.3) is 0 Å². The third kappa shape index (κ3) is 2.99. The van der Waals surface area contributed by atoms with Crippen LogP contribution >= 0.6 is 35.0 Å². The minimum absolute atomic E-state index is 0.00162. The Bertz CT molecular complexity index is 507. The van der Waals surface area contributed by atoms with Crippen molar-refractivity contribution in [2.45, 2.75) is 18.6 Å². The van der Waals surface area contributed by atoms with E-state index in [9.17, 15) is 9.59 Å². The highest BCUT2D eigenvalue weighted by molar-refractivity contribution is 8.14. The Hall–Kier alpha value is -0.710. The summed E-state index contributed by atoms with van der Waals surface area (Å²) in [6.07, 6.45) is 0.364. The van der Waals surface area contributed by atoms with Crippen LogP contribution in [-0.2, 0) is 9.59 Å². The van der Waals surface area contributed by atoms with Crippen LogP contribution in [-0.4, -0.2) is 22.8 Å². The van der Waals surface area contributed by atoms with Gasteiger partial charge in [0.15, 0.2) is 5.12 Å². The van der Waals surface area contributed by atoms with Crippen LogP contribution in [0.3, 0.4) is 0 Å². The molecule has 0 radical (unpaired) electrons. The van der Waals surface area contributed by atoms with E-state index in [-0.39, 0.29) is 16.3 Å². The number of carbonyl (C=O) groups excluding carboxylic acids is 2. The lowest BCUT2D eigenvalue weighted by Gasteiger charge is -2.18. The molecule has 1 aromatic carbocycles. The summed E-state index contributed by atoms with van der Waals surface area (Å²) in [5.74, 6) is -0.0158. The second-order valence-electron chi connectivity index (χ2n) is 4.04. The molecule has 3 nitrogen and oxygen atoms in total. The first-order valence-corrected chi connectivity index (χ1v) is 7.03. The number of hydrogen-bond acceptors (Lipinski definition) is 3. The monoisotopic (exact) mass is 303 g/mol. The average Bonchev–Trinajstić information content (AvgIpc) is 2.58. The van der Waals surface area contributed by atoms with E-state index in [0.29, 0.717) is 28.7 Å². The molecule has 1 saturated heterocycles. The number of amides is 1. The summed E-state index contributed by atoms with van der Waals surface area (Å²) in [4.78, 5) is 24.6. The van der Waals surface area contributed by atoms with Crippen LogP contribution in [0.15, 0.2) is 18.2 Å². The van der Waals surface area contributed by atoms with E-state index in [1.165, 1.54) is 18.7 Å². The molecule has 1 amide bonds. The van der Waals surface area contributed by atoms with Crippen LogP contribution < -0.4 is 4.90 Å². The summed E-state index contributed by atoms with van der Waals surface area (Å²) in [5.41, 5.74) is 0.651. The zero-order chi connectivity index (χ0) is 13.3. The third-order valence-electron chi connectivity index (χ3n) is 2.62. The Morgan fingerprint density at radius 3 is 2.78 bits per heavy atom. The Morgan fingerprint density at radius 2 is 2.17 bits per heavy atom. The summed E-state index contributed by atoms with van der Waals surface area (Å²) in [7, 11) is 0. The highest BCUT2D eigenvalue weighted by Gasteiger charge is 2.32. The summed E-state index contributed by atoms with van der Waals surface area (Å²) < 4.78 is 0. The number of hydrogen-bond donors (Lipinski definition) is 0. The zero-order valence-electron chi connectivity index (χ0n) is 9.65. The predicted molar refractivity (Wildman–Crippen MR) is 75.5 cm³/mol. The van der Waals surface area contributed by atoms with E-state index in [0.717, 1.165) is 0 Å². The number of anilines is 1. The van der Waals surface area contributed by atoms with Gasteiger partial charge in [-0.3, -0.25) is 9.59 Å². The maximum absolute atomic E-state index is 11.9. The molecule has 6 heteroatoms. The fourth-order valence-corrected chi connectivity index (χ4v) is 3.35. The minimum atomic E-state index is -0.0158. The van der Waals surface area contributed by atoms with E-state index >= 15 is 0 Å². The molecule has 96 valence electrons. The molecule has 0 bridgehead atoms. The van der Waals surface area contributed by atoms with Crippen LogP contribution in [0.25, 0.3) is 0 Å². The van der Waals surface area contributed by atoms with E-state index in [2.05, 4.69) is 0 Å². The predicted octanol–water partition coefficient (Wildman–Crippen LogP) is 3.38. The average molecular weight is 304 g/mol.